The number of hydrogen-bond donors (Lipinski definition) is 4. The van der Waals surface area contributed by atoms with Crippen LogP contribution >= 0.6 is 0 Å². The Labute approximate surface area is 239 Å². The molecule has 0 bridgehead atoms. The summed E-state index contributed by atoms with van der Waals surface area (Å²) in [6.07, 6.45) is 29.3. The first-order valence-electron chi connectivity index (χ1n) is 14.6. The minimum Gasteiger partial charge on any atom is -0.394 e. The van der Waals surface area contributed by atoms with Gasteiger partial charge in [-0.3, -0.25) is 9.59 Å². The fraction of sp³-hybridized carbons (Fsp3) is 0.562. The summed E-state index contributed by atoms with van der Waals surface area (Å²) < 4.78 is 11.4. The lowest BCUT2D eigenvalue weighted by Crippen LogP contribution is -2.56. The van der Waals surface area contributed by atoms with E-state index in [0.29, 0.717) is 6.42 Å². The van der Waals surface area contributed by atoms with Gasteiger partial charge in [-0.2, -0.15) is 0 Å². The number of nitrogens with one attached hydrogen (secondary N) is 2. The number of fused-ring (bicyclic) bond motifs is 1. The van der Waals surface area contributed by atoms with Crippen LogP contribution in [0.1, 0.15) is 71.6 Å². The number of amides is 2. The molecule has 0 aromatic carbocycles. The van der Waals surface area contributed by atoms with Crippen LogP contribution in [0.5, 0.6) is 0 Å². The maximum Gasteiger partial charge on any atom is 0.245 e. The van der Waals surface area contributed by atoms with E-state index in [1.54, 1.807) is 6.92 Å². The van der Waals surface area contributed by atoms with Gasteiger partial charge in [-0.25, -0.2) is 0 Å². The Kier molecular flexibility index (Phi) is 16.8. The van der Waals surface area contributed by atoms with E-state index < -0.39 is 36.7 Å². The fourth-order valence-electron chi connectivity index (χ4n) is 4.36. The number of aliphatic hydroxyl groups excluding tert-OH is 2. The van der Waals surface area contributed by atoms with Crippen molar-refractivity contribution in [3.8, 4) is 0 Å². The first-order chi connectivity index (χ1) is 19.5. The van der Waals surface area contributed by atoms with Gasteiger partial charge in [0.1, 0.15) is 12.1 Å². The molecule has 2 aliphatic rings. The average Bonchev–Trinajstić information content (AvgIpc) is 3.04. The maximum atomic E-state index is 12.7. The highest BCUT2D eigenvalue weighted by atomic mass is 16.7. The standard InChI is InChI=1S/C32H48N2O6/c1-3-4-5-6-7-8-9-10-11-12-13-14-15-16-17-18-19-20-21-22-29(37)34-30-25(2)39-32-26(33-31(30)38)23-27(36)28(24-35)40-32/h4-5,7-8,10-11,13-14,16-17,19-20,25-28,30,32,35-36H,3,6,9,12,15,18,21-24H2,1-2H3,(H,33,38)(H,34,37). The first kappa shape index (κ1) is 33.4. The molecule has 0 aromatic rings. The van der Waals surface area contributed by atoms with E-state index in [1.807, 2.05) is 12.2 Å². The SMILES string of the molecule is CCC=CCC=CCC=CCC=CCC=CCC=CCCC(=O)NC1C(=O)NC2CC(O)C(CO)OC2OC1C. The molecule has 0 aliphatic carbocycles. The van der Waals surface area contributed by atoms with Gasteiger partial charge < -0.3 is 30.3 Å². The molecule has 2 saturated heterocycles. The molecule has 2 fully saturated rings. The van der Waals surface area contributed by atoms with E-state index in [-0.39, 0.29) is 31.3 Å². The second-order valence-corrected chi connectivity index (χ2v) is 9.98. The van der Waals surface area contributed by atoms with Crippen LogP contribution in [-0.4, -0.2) is 65.3 Å². The summed E-state index contributed by atoms with van der Waals surface area (Å²) in [6, 6.07) is -1.41. The summed E-state index contributed by atoms with van der Waals surface area (Å²) in [5.74, 6) is -0.616. The van der Waals surface area contributed by atoms with Crippen LogP contribution in [0.15, 0.2) is 72.9 Å². The molecule has 2 amide bonds. The molecular weight excluding hydrogens is 508 g/mol. The fourth-order valence-corrected chi connectivity index (χ4v) is 4.36. The normalized spacial score (nSPS) is 27.9. The van der Waals surface area contributed by atoms with Gasteiger partial charge in [0.15, 0.2) is 6.29 Å². The van der Waals surface area contributed by atoms with Crippen molar-refractivity contribution in [2.45, 2.75) is 108 Å². The lowest BCUT2D eigenvalue weighted by atomic mass is 10.0. The zero-order valence-electron chi connectivity index (χ0n) is 24.0. The van der Waals surface area contributed by atoms with E-state index in [1.165, 1.54) is 0 Å². The first-order valence-corrected chi connectivity index (χ1v) is 14.6. The Hall–Kier alpha value is -2.78. The highest BCUT2D eigenvalue weighted by Gasteiger charge is 2.44. The molecule has 4 N–H and O–H groups in total. The van der Waals surface area contributed by atoms with Crippen LogP contribution in [0.25, 0.3) is 0 Å². The molecule has 8 heteroatoms. The molecule has 2 heterocycles. The van der Waals surface area contributed by atoms with Crippen molar-refractivity contribution in [3.05, 3.63) is 72.9 Å². The van der Waals surface area contributed by atoms with E-state index in [2.05, 4.69) is 78.3 Å². The van der Waals surface area contributed by atoms with Crippen molar-refractivity contribution in [3.63, 3.8) is 0 Å². The van der Waals surface area contributed by atoms with Crippen LogP contribution in [-0.2, 0) is 19.1 Å². The average molecular weight is 557 g/mol. The molecule has 0 spiro atoms. The van der Waals surface area contributed by atoms with Crippen molar-refractivity contribution in [2.75, 3.05) is 6.61 Å². The zero-order valence-corrected chi connectivity index (χ0v) is 24.0. The molecule has 0 radical (unpaired) electrons. The largest absolute Gasteiger partial charge is 0.394 e. The lowest BCUT2D eigenvalue weighted by Gasteiger charge is -2.38. The third-order valence-corrected chi connectivity index (χ3v) is 6.62. The lowest BCUT2D eigenvalue weighted by molar-refractivity contribution is -0.250. The molecule has 2 rings (SSSR count). The van der Waals surface area contributed by atoms with Crippen LogP contribution in [0.3, 0.4) is 0 Å². The number of ether oxygens (including phenoxy) is 2. The van der Waals surface area contributed by atoms with Gasteiger partial charge in [0.2, 0.25) is 11.8 Å². The molecule has 6 atom stereocenters. The summed E-state index contributed by atoms with van der Waals surface area (Å²) in [7, 11) is 0. The van der Waals surface area contributed by atoms with Gasteiger partial charge in [0.25, 0.3) is 0 Å². The van der Waals surface area contributed by atoms with Crippen molar-refractivity contribution < 1.29 is 29.3 Å². The highest BCUT2D eigenvalue weighted by Crippen LogP contribution is 2.25. The van der Waals surface area contributed by atoms with E-state index in [9.17, 15) is 19.8 Å². The minimum atomic E-state index is -0.905. The molecule has 0 aromatic heterocycles. The van der Waals surface area contributed by atoms with Crippen LogP contribution in [0, 0.1) is 0 Å². The van der Waals surface area contributed by atoms with Gasteiger partial charge in [0.05, 0.1) is 24.9 Å². The van der Waals surface area contributed by atoms with Gasteiger partial charge in [-0.05, 0) is 51.9 Å². The van der Waals surface area contributed by atoms with Crippen molar-refractivity contribution in [1.29, 1.82) is 0 Å². The van der Waals surface area contributed by atoms with Gasteiger partial charge in [0, 0.05) is 12.8 Å². The Bertz CT molecular complexity index is 922. The summed E-state index contributed by atoms with van der Waals surface area (Å²) in [5.41, 5.74) is 0. The van der Waals surface area contributed by atoms with E-state index in [4.69, 9.17) is 9.47 Å². The van der Waals surface area contributed by atoms with Crippen LogP contribution in [0.2, 0.25) is 0 Å². The molecule has 8 nitrogen and oxygen atoms in total. The Morgan fingerprint density at radius 1 is 0.900 bits per heavy atom. The van der Waals surface area contributed by atoms with Crippen LogP contribution < -0.4 is 10.6 Å². The number of carbonyl (C=O) groups excluding carboxylic acids is 2. The molecule has 6 unspecified atom stereocenters. The third-order valence-electron chi connectivity index (χ3n) is 6.62. The number of carbonyl (C=O) groups is 2. The third kappa shape index (κ3) is 13.0. The van der Waals surface area contributed by atoms with Gasteiger partial charge >= 0.3 is 0 Å². The van der Waals surface area contributed by atoms with Crippen molar-refractivity contribution in [2.24, 2.45) is 0 Å². The van der Waals surface area contributed by atoms with Crippen molar-refractivity contribution in [1.82, 2.24) is 10.6 Å². The van der Waals surface area contributed by atoms with E-state index >= 15 is 0 Å². The highest BCUT2D eigenvalue weighted by molar-refractivity contribution is 5.88. The molecule has 40 heavy (non-hydrogen) atoms. The number of hydrogen-bond acceptors (Lipinski definition) is 6. The number of allylic oxidation sites excluding steroid dienone is 12. The number of rotatable bonds is 16. The predicted molar refractivity (Wildman–Crippen MR) is 158 cm³/mol. The minimum absolute atomic E-state index is 0.206. The second kappa shape index (κ2) is 20.2. The summed E-state index contributed by atoms with van der Waals surface area (Å²) in [5, 5.41) is 25.0. The molecule has 222 valence electrons. The van der Waals surface area contributed by atoms with Crippen LogP contribution in [0.4, 0.5) is 0 Å². The predicted octanol–water partition coefficient (Wildman–Crippen LogP) is 4.32. The molecule has 2 aliphatic heterocycles. The smallest absolute Gasteiger partial charge is 0.245 e. The summed E-state index contributed by atoms with van der Waals surface area (Å²) in [6.45, 7) is 3.49. The monoisotopic (exact) mass is 556 g/mol. The quantitative estimate of drug-likeness (QED) is 0.210. The summed E-state index contributed by atoms with van der Waals surface area (Å²) in [4.78, 5) is 25.1. The number of aliphatic hydroxyl groups is 2. The molecule has 0 saturated carbocycles. The molecular formula is C32H48N2O6. The zero-order chi connectivity index (χ0) is 29.0. The maximum absolute atomic E-state index is 12.7. The second-order valence-electron chi connectivity index (χ2n) is 9.98. The Balaban J connectivity index is 1.57. The van der Waals surface area contributed by atoms with Gasteiger partial charge in [-0.1, -0.05) is 79.8 Å². The van der Waals surface area contributed by atoms with Gasteiger partial charge in [-0.15, -0.1) is 0 Å². The van der Waals surface area contributed by atoms with E-state index in [0.717, 1.165) is 38.5 Å². The van der Waals surface area contributed by atoms with Crippen molar-refractivity contribution >= 4 is 11.8 Å². The Morgan fingerprint density at radius 2 is 1.43 bits per heavy atom. The Morgan fingerprint density at radius 3 is 1.95 bits per heavy atom. The summed E-state index contributed by atoms with van der Waals surface area (Å²) >= 11 is 0. The topological polar surface area (TPSA) is 117 Å².